The number of aliphatic hydroxyl groups is 2. The van der Waals surface area contributed by atoms with Crippen LogP contribution in [0, 0.1) is 46.8 Å². The van der Waals surface area contributed by atoms with Crippen molar-refractivity contribution in [3.63, 3.8) is 0 Å². The maximum atomic E-state index is 14.1. The molecule has 2 aromatic heterocycles. The number of nitrogen functional groups attached to an aromatic ring is 1. The van der Waals surface area contributed by atoms with Crippen LogP contribution < -0.4 is 59.6 Å². The summed E-state index contributed by atoms with van der Waals surface area (Å²) in [5, 5.41) is 88.0. The number of carboxylic acids is 4. The summed E-state index contributed by atoms with van der Waals surface area (Å²) in [7, 11) is 3.75. The van der Waals surface area contributed by atoms with E-state index in [-0.39, 0.29) is 152 Å². The lowest BCUT2D eigenvalue weighted by atomic mass is 9.78. The SMILES string of the molecule is CO[C@@H]1C[C@@H](C[C@H]2CC[C@H](C)C([C@@H](C)C(=O)OCCSSC[C@H](NC(=O)[C@H](CC(=O)O)NC(=O)[C@H](CC(=O)O)NC(=O)[C@H](CCCNC(=N)N)NC(=O)[C@H](CC(=O)O)NC(=O)CC[C@@H](C)NC(=O)c3ccc(NCc4cnc5nc(N)[nH]c(=O)c5n4)cc3)C(=O)O)O2)O[C@]2(O[C@@](C)(C3CC[C@@](C)([C@@H]4O[C@@H]([C@@H]5O[C@@](O)(CO)[C@H](C)CC5C)C[C@@H]4C)O3)C[C@H]2C)[C@@H]1C. The maximum absolute atomic E-state index is 14.1. The number of amides is 6. The fraction of sp³-hybridized carbons (Fsp3) is 0.707. The van der Waals surface area contributed by atoms with Crippen LogP contribution in [-0.4, -0.2) is 268 Å². The smallest absolute Gasteiger partial charge is 0.327 e. The van der Waals surface area contributed by atoms with Gasteiger partial charge in [0.05, 0.1) is 110 Å². The number of carbonyl (C=O) groups is 11. The molecule has 0 saturated carbocycles. The number of hydrogen-bond donors (Lipinski definition) is 18. The molecule has 1 aromatic carbocycles. The molecule has 0 radical (unpaired) electrons. The van der Waals surface area contributed by atoms with Crippen LogP contribution in [0.3, 0.4) is 0 Å². The number of aliphatic hydroxyl groups excluding tert-OH is 1. The molecule has 41 nitrogen and oxygen atoms in total. The number of aromatic amines is 1. The molecule has 25 atom stereocenters. The van der Waals surface area contributed by atoms with Crippen molar-refractivity contribution in [1.82, 2.24) is 57.2 Å². The molecule has 6 aliphatic rings. The van der Waals surface area contributed by atoms with E-state index in [0.29, 0.717) is 43.5 Å². The number of nitrogens with two attached hydrogens (primary N) is 2. The van der Waals surface area contributed by atoms with E-state index >= 15 is 0 Å². The van der Waals surface area contributed by atoms with Gasteiger partial charge in [0.1, 0.15) is 36.8 Å². The number of nitrogens with one attached hydrogen (secondary N) is 10. The van der Waals surface area contributed by atoms with Gasteiger partial charge in [-0.3, -0.25) is 63.1 Å². The van der Waals surface area contributed by atoms with Gasteiger partial charge >= 0.3 is 29.8 Å². The number of H-pyrrole nitrogens is 1. The normalized spacial score (nSPS) is 30.1. The highest BCUT2D eigenvalue weighted by atomic mass is 33.1. The predicted molar refractivity (Wildman–Crippen MR) is 452 cm³/mol. The summed E-state index contributed by atoms with van der Waals surface area (Å²) in [5.74, 6) is -18.1. The van der Waals surface area contributed by atoms with Gasteiger partial charge in [0.2, 0.25) is 35.5 Å². The van der Waals surface area contributed by atoms with E-state index in [0.717, 1.165) is 47.3 Å². The number of benzene rings is 1. The third-order valence-corrected chi connectivity index (χ3v) is 27.1. The lowest BCUT2D eigenvalue weighted by molar-refractivity contribution is -0.353. The molecule has 9 rings (SSSR count). The first kappa shape index (κ1) is 99.6. The summed E-state index contributed by atoms with van der Waals surface area (Å²) in [6.07, 6.45) is 0.696. The van der Waals surface area contributed by atoms with Crippen LogP contribution in [0.5, 0.6) is 0 Å². The number of nitrogens with zero attached hydrogens (tertiary/aromatic N) is 3. The van der Waals surface area contributed by atoms with E-state index in [1.807, 2.05) is 13.8 Å². The standard InChI is InChI=1S/C82H123N15O26S2/c1-39-14-20-50(29-51-30-57(116-11)46(8)82(120-51)43(5)34-80(10,123-82)59-22-23-79(9,121-59)67-41(3)28-58(119-67)66-40(2)27-42(4)81(115,38-98)122-66)118-65(39)45(7)76(114)117-25-26-124-125-37-56(75(112)113)95-73(110)55(33-63(104)105)94-72(109)54(32-62(102)103)93-70(107)52(13-12-24-86-77(83)84)92-71(108)53(31-61(100)101)91-60(99)21-15-44(6)89-69(106)47-16-18-48(19-17-47)87-35-49-36-88-68-64(90-49)74(111)97-78(85)96-68/h16-19,36,39-46,50-59,65-67,87,98,115H,12-15,20-35,37-38H2,1-11H3,(H,89,106)(H,91,99)(H,92,108)(H,93,107)(H,94,109)(H,95,110)(H,100,101)(H,102,103)(H,104,105)(H,112,113)(H4,83,84,86)(H3,85,88,96,97,111)/t39-,40?,41-,42+,43+,44+,45+,46+,50+,51+,52-,53-,54-,55-,56-,57+,58+,59?,65?,66+,67+,79-,80+,81-,82+/m0/s1. The van der Waals surface area contributed by atoms with Crippen molar-refractivity contribution < 1.29 is 121 Å². The maximum Gasteiger partial charge on any atom is 0.327 e. The Balaban J connectivity index is 0.720. The summed E-state index contributed by atoms with van der Waals surface area (Å²) >= 11 is 0. The number of carboxylic acid groups (broad SMARTS) is 4. The topological polar surface area (TPSA) is 627 Å². The quantitative estimate of drug-likeness (QED) is 0.0127. The van der Waals surface area contributed by atoms with Crippen molar-refractivity contribution >= 4 is 116 Å². The summed E-state index contributed by atoms with van der Waals surface area (Å²) in [5.41, 5.74) is 10.4. The molecule has 6 fully saturated rings. The van der Waals surface area contributed by atoms with Gasteiger partial charge in [0, 0.05) is 79.5 Å². The van der Waals surface area contributed by atoms with Gasteiger partial charge in [-0.2, -0.15) is 4.98 Å². The number of ether oxygens (including phenoxy) is 8. The molecule has 0 aliphatic carbocycles. The molecule has 1 spiro atoms. The minimum atomic E-state index is -2.13. The lowest BCUT2D eigenvalue weighted by Crippen LogP contribution is -2.59. The van der Waals surface area contributed by atoms with Gasteiger partial charge < -0.3 is 123 Å². The average molecular weight is 1800 g/mol. The van der Waals surface area contributed by atoms with Gasteiger partial charge in [0.15, 0.2) is 28.7 Å². The van der Waals surface area contributed by atoms with Crippen LogP contribution in [0.1, 0.15) is 188 Å². The van der Waals surface area contributed by atoms with Gasteiger partial charge in [0.25, 0.3) is 11.5 Å². The van der Waals surface area contributed by atoms with Gasteiger partial charge in [-0.15, -0.1) is 0 Å². The Kier molecular flexibility index (Phi) is 35.1. The molecule has 125 heavy (non-hydrogen) atoms. The number of rotatable bonds is 43. The van der Waals surface area contributed by atoms with Crippen molar-refractivity contribution in [2.24, 2.45) is 47.2 Å². The molecular weight excluding hydrogens is 1680 g/mol. The van der Waals surface area contributed by atoms with Crippen LogP contribution in [-0.2, 0) is 92.4 Å². The van der Waals surface area contributed by atoms with Crippen LogP contribution >= 0.6 is 21.6 Å². The number of anilines is 2. The van der Waals surface area contributed by atoms with E-state index in [2.05, 4.69) is 104 Å². The monoisotopic (exact) mass is 1800 g/mol. The van der Waals surface area contributed by atoms with E-state index < -0.39 is 180 Å². The molecule has 6 saturated heterocycles. The first-order valence-corrected chi connectivity index (χ1v) is 44.9. The predicted octanol–water partition coefficient (Wildman–Crippen LogP) is 2.56. The van der Waals surface area contributed by atoms with Crippen molar-refractivity contribution in [3.8, 4) is 0 Å². The van der Waals surface area contributed by atoms with Crippen molar-refractivity contribution in [2.45, 2.75) is 286 Å². The highest BCUT2D eigenvalue weighted by molar-refractivity contribution is 8.76. The molecule has 694 valence electrons. The van der Waals surface area contributed by atoms with E-state index in [1.54, 1.807) is 33.1 Å². The van der Waals surface area contributed by atoms with Crippen molar-refractivity contribution in [3.05, 3.63) is 52.1 Å². The fourth-order valence-electron chi connectivity index (χ4n) is 18.0. The second-order valence-corrected chi connectivity index (χ2v) is 37.3. The number of methoxy groups -OCH3 is 1. The Morgan fingerprint density at radius 3 is 1.98 bits per heavy atom. The Bertz CT molecular complexity index is 4390. The minimum Gasteiger partial charge on any atom is -0.481 e. The van der Waals surface area contributed by atoms with Crippen LogP contribution in [0.25, 0.3) is 11.2 Å². The van der Waals surface area contributed by atoms with Crippen molar-refractivity contribution in [2.75, 3.05) is 49.4 Å². The number of hydrogen-bond acceptors (Lipinski definition) is 30. The molecule has 43 heteroatoms. The number of fused-ring (bicyclic) bond motifs is 1. The first-order chi connectivity index (χ1) is 59.0. The molecule has 3 unspecified atom stereocenters. The van der Waals surface area contributed by atoms with Gasteiger partial charge in [-0.1, -0.05) is 63.1 Å². The second-order valence-electron chi connectivity index (χ2n) is 34.6. The van der Waals surface area contributed by atoms with E-state index in [1.165, 1.54) is 18.3 Å². The Morgan fingerprint density at radius 2 is 1.35 bits per heavy atom. The summed E-state index contributed by atoms with van der Waals surface area (Å²) < 4.78 is 53.5. The summed E-state index contributed by atoms with van der Waals surface area (Å²) in [4.78, 5) is 172. The fourth-order valence-corrected chi connectivity index (χ4v) is 19.9. The summed E-state index contributed by atoms with van der Waals surface area (Å²) in [6.45, 7) is 19.4. The van der Waals surface area contributed by atoms with Crippen LogP contribution in [0.2, 0.25) is 0 Å². The number of guanidine groups is 1. The molecule has 0 bridgehead atoms. The number of aliphatic carboxylic acids is 4. The zero-order chi connectivity index (χ0) is 91.7. The van der Waals surface area contributed by atoms with E-state index in [9.17, 15) is 88.2 Å². The Morgan fingerprint density at radius 1 is 0.720 bits per heavy atom. The molecule has 8 heterocycles. The van der Waals surface area contributed by atoms with Crippen LogP contribution in [0.4, 0.5) is 11.6 Å². The third-order valence-electron chi connectivity index (χ3n) is 24.7. The largest absolute Gasteiger partial charge is 0.481 e. The Labute approximate surface area is 731 Å². The van der Waals surface area contributed by atoms with Crippen LogP contribution in [0.15, 0.2) is 35.3 Å². The second kappa shape index (κ2) is 44.0. The highest BCUT2D eigenvalue weighted by Crippen LogP contribution is 2.57. The van der Waals surface area contributed by atoms with E-state index in [4.69, 9.17) is 54.8 Å². The number of aromatic nitrogens is 4. The molecule has 20 N–H and O–H groups in total. The van der Waals surface area contributed by atoms with Gasteiger partial charge in [-0.25, -0.2) is 14.8 Å². The zero-order valence-electron chi connectivity index (χ0n) is 72.2. The Hall–Kier alpha value is -9.18. The number of esters is 1. The lowest BCUT2D eigenvalue weighted by Gasteiger charge is -2.50. The van der Waals surface area contributed by atoms with Crippen molar-refractivity contribution in [1.29, 1.82) is 5.41 Å². The molecule has 6 aliphatic heterocycles. The third kappa shape index (κ3) is 26.3. The minimum absolute atomic E-state index is 0.00561. The molecular formula is C82H123N15O26S2. The highest BCUT2D eigenvalue weighted by Gasteiger charge is 2.65. The average Bonchev–Trinajstić information content (AvgIpc) is 1.57. The molecule has 3 aromatic rings. The summed E-state index contributed by atoms with van der Waals surface area (Å²) in [6, 6.07) is -3.96. The molecule has 6 amide bonds. The van der Waals surface area contributed by atoms with Gasteiger partial charge in [-0.05, 0) is 134 Å². The zero-order valence-corrected chi connectivity index (χ0v) is 73.9. The first-order valence-electron chi connectivity index (χ1n) is 42.4. The number of carbonyl (C=O) groups excluding carboxylic acids is 7.